The lowest BCUT2D eigenvalue weighted by Gasteiger charge is -2.05. The van der Waals surface area contributed by atoms with Crippen molar-refractivity contribution in [3.8, 4) is 0 Å². The lowest BCUT2D eigenvalue weighted by molar-refractivity contribution is -0.121. The summed E-state index contributed by atoms with van der Waals surface area (Å²) in [6.45, 7) is 0.490. The molecule has 1 aromatic heterocycles. The summed E-state index contributed by atoms with van der Waals surface area (Å²) in [6.07, 6.45) is 6.43. The molecule has 1 saturated carbocycles. The molecule has 1 aliphatic carbocycles. The number of amides is 2. The summed E-state index contributed by atoms with van der Waals surface area (Å²) in [5, 5.41) is 5.68. The molecule has 0 saturated heterocycles. The van der Waals surface area contributed by atoms with Gasteiger partial charge in [0.25, 0.3) is 5.91 Å². The molecular formula is C13H16BrN3O2. The van der Waals surface area contributed by atoms with E-state index in [1.54, 1.807) is 12.3 Å². The van der Waals surface area contributed by atoms with Gasteiger partial charge in [0.1, 0.15) is 0 Å². The van der Waals surface area contributed by atoms with Gasteiger partial charge >= 0.3 is 0 Å². The molecule has 102 valence electrons. The highest BCUT2D eigenvalue weighted by atomic mass is 79.9. The van der Waals surface area contributed by atoms with Crippen molar-refractivity contribution in [2.45, 2.75) is 31.7 Å². The van der Waals surface area contributed by atoms with Crippen molar-refractivity contribution >= 4 is 27.7 Å². The number of pyridine rings is 1. The Morgan fingerprint density at radius 3 is 2.84 bits per heavy atom. The van der Waals surface area contributed by atoms with E-state index in [2.05, 4.69) is 31.5 Å². The molecule has 19 heavy (non-hydrogen) atoms. The Kier molecular flexibility index (Phi) is 4.90. The van der Waals surface area contributed by atoms with Crippen LogP contribution in [0.15, 0.2) is 22.9 Å². The zero-order valence-electron chi connectivity index (χ0n) is 10.5. The Hall–Kier alpha value is -1.43. The number of hydrogen-bond donors (Lipinski definition) is 2. The van der Waals surface area contributed by atoms with E-state index in [-0.39, 0.29) is 11.8 Å². The van der Waals surface area contributed by atoms with Crippen LogP contribution >= 0.6 is 15.9 Å². The molecule has 0 spiro atoms. The van der Waals surface area contributed by atoms with Crippen LogP contribution in [0.5, 0.6) is 0 Å². The van der Waals surface area contributed by atoms with E-state index in [0.29, 0.717) is 31.0 Å². The fourth-order valence-corrected chi connectivity index (χ4v) is 1.98. The average molecular weight is 326 g/mol. The first-order valence-corrected chi connectivity index (χ1v) is 7.12. The van der Waals surface area contributed by atoms with E-state index in [4.69, 9.17) is 0 Å². The van der Waals surface area contributed by atoms with E-state index < -0.39 is 0 Å². The molecule has 1 heterocycles. The van der Waals surface area contributed by atoms with Crippen molar-refractivity contribution < 1.29 is 9.59 Å². The third-order valence-electron chi connectivity index (χ3n) is 2.78. The van der Waals surface area contributed by atoms with Gasteiger partial charge < -0.3 is 10.6 Å². The van der Waals surface area contributed by atoms with Crippen molar-refractivity contribution in [3.05, 3.63) is 28.5 Å². The van der Waals surface area contributed by atoms with E-state index in [9.17, 15) is 9.59 Å². The molecule has 0 aliphatic heterocycles. The number of halogens is 1. The summed E-state index contributed by atoms with van der Waals surface area (Å²) >= 11 is 3.26. The number of nitrogens with one attached hydrogen (secondary N) is 2. The molecule has 2 amide bonds. The molecule has 5 nitrogen and oxygen atoms in total. The van der Waals surface area contributed by atoms with Crippen LogP contribution in [0, 0.1) is 0 Å². The summed E-state index contributed by atoms with van der Waals surface area (Å²) in [4.78, 5) is 27.1. The Bertz CT molecular complexity index is 475. The first kappa shape index (κ1) is 14.0. The molecule has 6 heteroatoms. The SMILES string of the molecule is O=C(CCCNC(=O)c1cncc(Br)c1)NC1CC1. The molecule has 0 radical (unpaired) electrons. The van der Waals surface area contributed by atoms with Crippen LogP contribution in [0.25, 0.3) is 0 Å². The summed E-state index contributed by atoms with van der Waals surface area (Å²) in [5.41, 5.74) is 0.511. The van der Waals surface area contributed by atoms with Gasteiger partial charge in [-0.25, -0.2) is 0 Å². The number of rotatable bonds is 6. The highest BCUT2D eigenvalue weighted by Crippen LogP contribution is 2.18. The zero-order valence-corrected chi connectivity index (χ0v) is 12.1. The second kappa shape index (κ2) is 6.65. The van der Waals surface area contributed by atoms with E-state index in [0.717, 1.165) is 17.3 Å². The Morgan fingerprint density at radius 1 is 1.37 bits per heavy atom. The number of aromatic nitrogens is 1. The van der Waals surface area contributed by atoms with Crippen LogP contribution in [0.4, 0.5) is 0 Å². The van der Waals surface area contributed by atoms with Gasteiger partial charge in [-0.15, -0.1) is 0 Å². The smallest absolute Gasteiger partial charge is 0.252 e. The fourth-order valence-electron chi connectivity index (χ4n) is 1.62. The van der Waals surface area contributed by atoms with Crippen LogP contribution in [-0.4, -0.2) is 29.4 Å². The summed E-state index contributed by atoms with van der Waals surface area (Å²) in [5.74, 6) is -0.0997. The summed E-state index contributed by atoms with van der Waals surface area (Å²) < 4.78 is 0.768. The van der Waals surface area contributed by atoms with Gasteiger partial charge in [0.2, 0.25) is 5.91 Å². The summed E-state index contributed by atoms with van der Waals surface area (Å²) in [7, 11) is 0. The second-order valence-electron chi connectivity index (χ2n) is 4.59. The van der Waals surface area contributed by atoms with Gasteiger partial charge in [0, 0.05) is 35.9 Å². The minimum Gasteiger partial charge on any atom is -0.353 e. The zero-order chi connectivity index (χ0) is 13.7. The van der Waals surface area contributed by atoms with E-state index >= 15 is 0 Å². The maximum atomic E-state index is 11.8. The quantitative estimate of drug-likeness (QED) is 0.781. The average Bonchev–Trinajstić information content (AvgIpc) is 3.18. The van der Waals surface area contributed by atoms with Crippen LogP contribution in [0.3, 0.4) is 0 Å². The molecule has 0 unspecified atom stereocenters. The molecule has 0 atom stereocenters. The molecule has 0 bridgehead atoms. The maximum absolute atomic E-state index is 11.8. The van der Waals surface area contributed by atoms with E-state index in [1.807, 2.05) is 0 Å². The Morgan fingerprint density at radius 2 is 2.16 bits per heavy atom. The molecule has 1 aromatic rings. The maximum Gasteiger partial charge on any atom is 0.252 e. The van der Waals surface area contributed by atoms with Crippen LogP contribution < -0.4 is 10.6 Å². The topological polar surface area (TPSA) is 71.1 Å². The van der Waals surface area contributed by atoms with Gasteiger partial charge in [0.15, 0.2) is 0 Å². The fraction of sp³-hybridized carbons (Fsp3) is 0.462. The van der Waals surface area contributed by atoms with Crippen molar-refractivity contribution in [1.29, 1.82) is 0 Å². The van der Waals surface area contributed by atoms with Crippen LogP contribution in [0.1, 0.15) is 36.0 Å². The first-order valence-electron chi connectivity index (χ1n) is 6.33. The number of nitrogens with zero attached hydrogens (tertiary/aromatic N) is 1. The van der Waals surface area contributed by atoms with Gasteiger partial charge in [-0.1, -0.05) is 0 Å². The normalized spacial score (nSPS) is 13.9. The van der Waals surface area contributed by atoms with Crippen molar-refractivity contribution in [2.75, 3.05) is 6.54 Å². The number of hydrogen-bond acceptors (Lipinski definition) is 3. The van der Waals surface area contributed by atoms with Crippen LogP contribution in [-0.2, 0) is 4.79 Å². The third kappa shape index (κ3) is 4.98. The van der Waals surface area contributed by atoms with Crippen molar-refractivity contribution in [2.24, 2.45) is 0 Å². The van der Waals surface area contributed by atoms with Gasteiger partial charge in [-0.2, -0.15) is 0 Å². The van der Waals surface area contributed by atoms with Crippen molar-refractivity contribution in [1.82, 2.24) is 15.6 Å². The predicted octanol–water partition coefficient (Wildman–Crippen LogP) is 1.63. The lowest BCUT2D eigenvalue weighted by Crippen LogP contribution is -2.28. The minimum absolute atomic E-state index is 0.0703. The minimum atomic E-state index is -0.170. The van der Waals surface area contributed by atoms with Crippen molar-refractivity contribution in [3.63, 3.8) is 0 Å². The van der Waals surface area contributed by atoms with Gasteiger partial charge in [-0.3, -0.25) is 14.6 Å². The van der Waals surface area contributed by atoms with Gasteiger partial charge in [-0.05, 0) is 41.3 Å². The summed E-state index contributed by atoms with van der Waals surface area (Å²) in [6, 6.07) is 2.11. The molecule has 1 aliphatic rings. The molecular weight excluding hydrogens is 310 g/mol. The standard InChI is InChI=1S/C13H16BrN3O2/c14-10-6-9(7-15-8-10)13(19)16-5-1-2-12(18)17-11-3-4-11/h6-8,11H,1-5H2,(H,16,19)(H,17,18). The third-order valence-corrected chi connectivity index (χ3v) is 3.21. The van der Waals surface area contributed by atoms with Crippen LogP contribution in [0.2, 0.25) is 0 Å². The highest BCUT2D eigenvalue weighted by molar-refractivity contribution is 9.10. The highest BCUT2D eigenvalue weighted by Gasteiger charge is 2.22. The van der Waals surface area contributed by atoms with E-state index in [1.165, 1.54) is 6.20 Å². The molecule has 0 aromatic carbocycles. The molecule has 2 N–H and O–H groups in total. The number of carbonyl (C=O) groups is 2. The predicted molar refractivity (Wildman–Crippen MR) is 74.7 cm³/mol. The Balaban J connectivity index is 1.64. The second-order valence-corrected chi connectivity index (χ2v) is 5.51. The number of carbonyl (C=O) groups excluding carboxylic acids is 2. The van der Waals surface area contributed by atoms with Gasteiger partial charge in [0.05, 0.1) is 5.56 Å². The Labute approximate surface area is 120 Å². The monoisotopic (exact) mass is 325 g/mol. The lowest BCUT2D eigenvalue weighted by atomic mass is 10.2. The first-order chi connectivity index (χ1) is 9.15. The molecule has 1 fully saturated rings. The largest absolute Gasteiger partial charge is 0.353 e. The molecule has 2 rings (SSSR count).